The van der Waals surface area contributed by atoms with Crippen molar-refractivity contribution in [2.24, 2.45) is 0 Å². The van der Waals surface area contributed by atoms with Gasteiger partial charge in [-0.25, -0.2) is 0 Å². The second-order valence-electron chi connectivity index (χ2n) is 5.06. The molecular weight excluding hydrogens is 242 g/mol. The van der Waals surface area contributed by atoms with Crippen LogP contribution in [0.4, 0.5) is 11.4 Å². The first kappa shape index (κ1) is 13.5. The maximum Gasteiger partial charge on any atom is 0.276 e. The number of rotatable bonds is 4. The van der Waals surface area contributed by atoms with Crippen molar-refractivity contribution >= 4 is 17.5 Å². The van der Waals surface area contributed by atoms with Crippen LogP contribution in [0.15, 0.2) is 24.8 Å². The lowest BCUT2D eigenvalue weighted by Crippen LogP contribution is -2.31. The van der Waals surface area contributed by atoms with Gasteiger partial charge in [0.05, 0.1) is 10.5 Å². The fraction of sp³-hybridized carbons (Fsp3) is 0.429. The normalized spacial score (nSPS) is 18.9. The van der Waals surface area contributed by atoms with Crippen LogP contribution in [-0.2, 0) is 0 Å². The van der Waals surface area contributed by atoms with E-state index < -0.39 is 0 Å². The molecule has 1 aliphatic rings. The van der Waals surface area contributed by atoms with Crippen molar-refractivity contribution in [1.82, 2.24) is 4.90 Å². The molecule has 1 aromatic rings. The molecule has 0 radical (unpaired) electrons. The molecule has 5 heteroatoms. The van der Waals surface area contributed by atoms with E-state index in [1.54, 1.807) is 12.1 Å². The van der Waals surface area contributed by atoms with E-state index in [9.17, 15) is 10.1 Å². The van der Waals surface area contributed by atoms with E-state index in [-0.39, 0.29) is 10.6 Å². The molecule has 19 heavy (non-hydrogen) atoms. The summed E-state index contributed by atoms with van der Waals surface area (Å²) in [4.78, 5) is 15.0. The molecule has 0 N–H and O–H groups in total. The highest BCUT2D eigenvalue weighted by atomic mass is 16.6. The van der Waals surface area contributed by atoms with Gasteiger partial charge in [0.25, 0.3) is 5.69 Å². The minimum absolute atomic E-state index is 0.113. The smallest absolute Gasteiger partial charge is 0.276 e. The molecule has 1 fully saturated rings. The summed E-state index contributed by atoms with van der Waals surface area (Å²) < 4.78 is 0. The number of likely N-dealkylation sites (N-methyl/N-ethyl adjacent to an activating group) is 1. The molecule has 1 aromatic carbocycles. The summed E-state index contributed by atoms with van der Waals surface area (Å²) in [6.07, 6.45) is 2.66. The van der Waals surface area contributed by atoms with Crippen molar-refractivity contribution < 1.29 is 4.92 Å². The van der Waals surface area contributed by atoms with Gasteiger partial charge in [0.1, 0.15) is 0 Å². The first-order valence-corrected chi connectivity index (χ1v) is 6.35. The SMILES string of the molecule is C=Cc1cc(N2CC[C@@H](N(C)C)C2)ccc1[N+](=O)[O-]. The zero-order chi connectivity index (χ0) is 14.0. The maximum absolute atomic E-state index is 10.9. The predicted molar refractivity (Wildman–Crippen MR) is 77.5 cm³/mol. The van der Waals surface area contributed by atoms with Crippen LogP contribution in [0.2, 0.25) is 0 Å². The number of nitro benzene ring substituents is 1. The minimum atomic E-state index is -0.368. The largest absolute Gasteiger partial charge is 0.370 e. The Morgan fingerprint density at radius 2 is 2.26 bits per heavy atom. The summed E-state index contributed by atoms with van der Waals surface area (Å²) in [6.45, 7) is 5.60. The topological polar surface area (TPSA) is 49.6 Å². The number of nitro groups is 1. The van der Waals surface area contributed by atoms with Crippen LogP contribution >= 0.6 is 0 Å². The lowest BCUT2D eigenvalue weighted by Gasteiger charge is -2.22. The van der Waals surface area contributed by atoms with Crippen molar-refractivity contribution in [2.45, 2.75) is 12.5 Å². The number of benzene rings is 1. The summed E-state index contributed by atoms with van der Waals surface area (Å²) in [5.41, 5.74) is 1.72. The molecule has 0 bridgehead atoms. The van der Waals surface area contributed by atoms with E-state index in [1.807, 2.05) is 12.1 Å². The van der Waals surface area contributed by atoms with Crippen LogP contribution in [0.5, 0.6) is 0 Å². The Bertz CT molecular complexity index is 499. The van der Waals surface area contributed by atoms with Gasteiger partial charge in [-0.1, -0.05) is 12.7 Å². The molecule has 0 spiro atoms. The van der Waals surface area contributed by atoms with Gasteiger partial charge >= 0.3 is 0 Å². The van der Waals surface area contributed by atoms with E-state index >= 15 is 0 Å². The van der Waals surface area contributed by atoms with Crippen LogP contribution in [0.1, 0.15) is 12.0 Å². The van der Waals surface area contributed by atoms with E-state index in [1.165, 1.54) is 0 Å². The highest BCUT2D eigenvalue weighted by Crippen LogP contribution is 2.28. The molecule has 2 rings (SSSR count). The third-order valence-electron chi connectivity index (χ3n) is 3.69. The third kappa shape index (κ3) is 2.76. The molecule has 1 atom stereocenters. The molecule has 102 valence electrons. The van der Waals surface area contributed by atoms with Gasteiger partial charge in [0.2, 0.25) is 0 Å². The lowest BCUT2D eigenvalue weighted by atomic mass is 10.1. The molecule has 1 saturated heterocycles. The number of anilines is 1. The van der Waals surface area contributed by atoms with E-state index in [2.05, 4.69) is 30.5 Å². The van der Waals surface area contributed by atoms with Gasteiger partial charge < -0.3 is 9.80 Å². The Kier molecular flexibility index (Phi) is 3.85. The molecular formula is C14H19N3O2. The fourth-order valence-electron chi connectivity index (χ4n) is 2.47. The van der Waals surface area contributed by atoms with Crippen molar-refractivity contribution in [3.8, 4) is 0 Å². The summed E-state index contributed by atoms with van der Waals surface area (Å²) in [7, 11) is 4.17. The number of nitrogens with zero attached hydrogens (tertiary/aromatic N) is 3. The quantitative estimate of drug-likeness (QED) is 0.617. The highest BCUT2D eigenvalue weighted by molar-refractivity contribution is 5.66. The van der Waals surface area contributed by atoms with Crippen LogP contribution in [0, 0.1) is 10.1 Å². The van der Waals surface area contributed by atoms with Gasteiger partial charge in [-0.2, -0.15) is 0 Å². The molecule has 0 unspecified atom stereocenters. The van der Waals surface area contributed by atoms with Gasteiger partial charge in [0.15, 0.2) is 0 Å². The van der Waals surface area contributed by atoms with Crippen LogP contribution in [0.3, 0.4) is 0 Å². The average molecular weight is 261 g/mol. The zero-order valence-corrected chi connectivity index (χ0v) is 11.4. The standard InChI is InChI=1S/C14H19N3O2/c1-4-11-9-12(5-6-14(11)17(18)19)16-8-7-13(10-16)15(2)3/h4-6,9,13H,1,7-8,10H2,2-3H3/t13-/m1/s1. The van der Waals surface area contributed by atoms with E-state index in [0.29, 0.717) is 11.6 Å². The molecule has 0 saturated carbocycles. The molecule has 1 aliphatic heterocycles. The van der Waals surface area contributed by atoms with Gasteiger partial charge in [-0.05, 0) is 32.6 Å². The van der Waals surface area contributed by atoms with Crippen molar-refractivity contribution in [2.75, 3.05) is 32.1 Å². The van der Waals surface area contributed by atoms with Gasteiger partial charge in [0, 0.05) is 30.9 Å². The Morgan fingerprint density at radius 3 is 2.79 bits per heavy atom. The van der Waals surface area contributed by atoms with Gasteiger partial charge in [-0.3, -0.25) is 10.1 Å². The van der Waals surface area contributed by atoms with Crippen LogP contribution in [0.25, 0.3) is 6.08 Å². The molecule has 0 aromatic heterocycles. The Morgan fingerprint density at radius 1 is 1.53 bits per heavy atom. The fourth-order valence-corrected chi connectivity index (χ4v) is 2.47. The number of hydrogen-bond donors (Lipinski definition) is 0. The summed E-state index contributed by atoms with van der Waals surface area (Å²) in [5.74, 6) is 0. The summed E-state index contributed by atoms with van der Waals surface area (Å²) >= 11 is 0. The van der Waals surface area contributed by atoms with E-state index in [0.717, 1.165) is 25.2 Å². The molecule has 1 heterocycles. The second-order valence-corrected chi connectivity index (χ2v) is 5.06. The Balaban J connectivity index is 2.23. The first-order chi connectivity index (χ1) is 9.02. The van der Waals surface area contributed by atoms with Gasteiger partial charge in [-0.15, -0.1) is 0 Å². The molecule has 5 nitrogen and oxygen atoms in total. The van der Waals surface area contributed by atoms with Crippen LogP contribution in [-0.4, -0.2) is 43.0 Å². The van der Waals surface area contributed by atoms with Crippen molar-refractivity contribution in [3.05, 3.63) is 40.5 Å². The zero-order valence-electron chi connectivity index (χ0n) is 11.4. The van der Waals surface area contributed by atoms with Crippen LogP contribution < -0.4 is 4.90 Å². The second kappa shape index (κ2) is 5.40. The lowest BCUT2D eigenvalue weighted by molar-refractivity contribution is -0.385. The summed E-state index contributed by atoms with van der Waals surface area (Å²) in [6, 6.07) is 5.78. The van der Waals surface area contributed by atoms with Crippen molar-refractivity contribution in [3.63, 3.8) is 0 Å². The first-order valence-electron chi connectivity index (χ1n) is 6.35. The van der Waals surface area contributed by atoms with Crippen molar-refractivity contribution in [1.29, 1.82) is 0 Å². The maximum atomic E-state index is 10.9. The number of hydrogen-bond acceptors (Lipinski definition) is 4. The Labute approximate surface area is 113 Å². The molecule has 0 amide bonds. The predicted octanol–water partition coefficient (Wildman–Crippen LogP) is 2.38. The monoisotopic (exact) mass is 261 g/mol. The third-order valence-corrected chi connectivity index (χ3v) is 3.69. The Hall–Kier alpha value is -1.88. The summed E-state index contributed by atoms with van der Waals surface area (Å²) in [5, 5.41) is 10.9. The van der Waals surface area contributed by atoms with E-state index in [4.69, 9.17) is 0 Å². The minimum Gasteiger partial charge on any atom is -0.370 e. The molecule has 0 aliphatic carbocycles. The average Bonchev–Trinajstić information content (AvgIpc) is 2.87. The highest BCUT2D eigenvalue weighted by Gasteiger charge is 2.25.